The molecule has 0 atom stereocenters. The van der Waals surface area contributed by atoms with Crippen molar-refractivity contribution in [3.63, 3.8) is 0 Å². The van der Waals surface area contributed by atoms with Crippen LogP contribution in [0.15, 0.2) is 24.4 Å². The third kappa shape index (κ3) is 2.78. The van der Waals surface area contributed by atoms with Crippen LogP contribution in [0.2, 0.25) is 5.02 Å². The van der Waals surface area contributed by atoms with Crippen LogP contribution in [-0.4, -0.2) is 21.0 Å². The number of anilines is 1. The summed E-state index contributed by atoms with van der Waals surface area (Å²) in [5.74, 6) is -0.482. The van der Waals surface area contributed by atoms with Crippen LogP contribution in [0, 0.1) is 0 Å². The Hall–Kier alpha value is -2.08. The van der Waals surface area contributed by atoms with E-state index in [-0.39, 0.29) is 6.61 Å². The molecule has 18 heavy (non-hydrogen) atoms. The summed E-state index contributed by atoms with van der Waals surface area (Å²) in [6, 6.07) is 4.58. The zero-order valence-electron chi connectivity index (χ0n) is 9.63. The standard InChI is InChI=1S/C11H11ClN4O2/c1-16-5-8(14-15-16)6-18-11(17)7-2-3-9(12)10(13)4-7/h2-5H,6,13H2,1H3. The van der Waals surface area contributed by atoms with E-state index in [2.05, 4.69) is 10.3 Å². The van der Waals surface area contributed by atoms with Gasteiger partial charge in [0.15, 0.2) is 0 Å². The quantitative estimate of drug-likeness (QED) is 0.671. The van der Waals surface area contributed by atoms with Crippen molar-refractivity contribution in [3.8, 4) is 0 Å². The molecule has 0 aliphatic rings. The van der Waals surface area contributed by atoms with Crippen LogP contribution in [0.5, 0.6) is 0 Å². The molecule has 1 aromatic carbocycles. The Morgan fingerprint density at radius 1 is 1.56 bits per heavy atom. The monoisotopic (exact) mass is 266 g/mol. The van der Waals surface area contributed by atoms with Gasteiger partial charge in [0.2, 0.25) is 0 Å². The Labute approximate surface area is 108 Å². The maximum Gasteiger partial charge on any atom is 0.338 e. The van der Waals surface area contributed by atoms with Crippen molar-refractivity contribution < 1.29 is 9.53 Å². The van der Waals surface area contributed by atoms with E-state index in [0.717, 1.165) is 0 Å². The van der Waals surface area contributed by atoms with Crippen molar-refractivity contribution in [3.05, 3.63) is 40.7 Å². The minimum Gasteiger partial charge on any atom is -0.455 e. The number of carbonyl (C=O) groups is 1. The Morgan fingerprint density at radius 2 is 2.33 bits per heavy atom. The highest BCUT2D eigenvalue weighted by Gasteiger charge is 2.10. The second-order valence-corrected chi connectivity index (χ2v) is 4.10. The number of hydrogen-bond donors (Lipinski definition) is 1. The fraction of sp³-hybridized carbons (Fsp3) is 0.182. The lowest BCUT2D eigenvalue weighted by Gasteiger charge is -2.04. The van der Waals surface area contributed by atoms with Crippen LogP contribution in [0.25, 0.3) is 0 Å². The molecule has 2 N–H and O–H groups in total. The Balaban J connectivity index is 2.01. The molecule has 2 aromatic rings. The summed E-state index contributed by atoms with van der Waals surface area (Å²) in [5.41, 5.74) is 6.87. The highest BCUT2D eigenvalue weighted by atomic mass is 35.5. The van der Waals surface area contributed by atoms with Gasteiger partial charge in [-0.1, -0.05) is 16.8 Å². The molecule has 1 heterocycles. The van der Waals surface area contributed by atoms with E-state index in [1.807, 2.05) is 0 Å². The maximum absolute atomic E-state index is 11.7. The molecule has 2 rings (SSSR count). The minimum absolute atomic E-state index is 0.0647. The smallest absolute Gasteiger partial charge is 0.338 e. The highest BCUT2D eigenvalue weighted by Crippen LogP contribution is 2.20. The van der Waals surface area contributed by atoms with Crippen molar-refractivity contribution in [1.29, 1.82) is 0 Å². The zero-order valence-corrected chi connectivity index (χ0v) is 10.4. The van der Waals surface area contributed by atoms with Crippen LogP contribution in [0.3, 0.4) is 0 Å². The van der Waals surface area contributed by atoms with E-state index in [1.54, 1.807) is 25.4 Å². The number of aryl methyl sites for hydroxylation is 1. The summed E-state index contributed by atoms with van der Waals surface area (Å²) in [4.78, 5) is 11.7. The number of ether oxygens (including phenoxy) is 1. The van der Waals surface area contributed by atoms with E-state index in [1.165, 1.54) is 10.7 Å². The number of benzene rings is 1. The largest absolute Gasteiger partial charge is 0.455 e. The molecule has 1 aromatic heterocycles. The third-order valence-electron chi connectivity index (χ3n) is 2.23. The lowest BCUT2D eigenvalue weighted by Crippen LogP contribution is -2.06. The van der Waals surface area contributed by atoms with Crippen LogP contribution in [-0.2, 0) is 18.4 Å². The number of nitrogens with zero attached hydrogens (tertiary/aromatic N) is 3. The first-order valence-electron chi connectivity index (χ1n) is 5.13. The van der Waals surface area contributed by atoms with Crippen LogP contribution in [0.1, 0.15) is 16.1 Å². The van der Waals surface area contributed by atoms with Gasteiger partial charge in [0, 0.05) is 7.05 Å². The number of nitrogens with two attached hydrogens (primary N) is 1. The van der Waals surface area contributed by atoms with Gasteiger partial charge in [0.1, 0.15) is 12.3 Å². The third-order valence-corrected chi connectivity index (χ3v) is 2.58. The first-order chi connectivity index (χ1) is 8.56. The van der Waals surface area contributed by atoms with Gasteiger partial charge in [0.05, 0.1) is 22.5 Å². The second kappa shape index (κ2) is 5.05. The summed E-state index contributed by atoms with van der Waals surface area (Å²) in [7, 11) is 1.73. The van der Waals surface area contributed by atoms with Gasteiger partial charge in [-0.05, 0) is 18.2 Å². The van der Waals surface area contributed by atoms with Gasteiger partial charge >= 0.3 is 5.97 Å². The van der Waals surface area contributed by atoms with Crippen molar-refractivity contribution in [2.45, 2.75) is 6.61 Å². The average Bonchev–Trinajstić information content (AvgIpc) is 2.75. The normalized spacial score (nSPS) is 10.3. The first kappa shape index (κ1) is 12.4. The summed E-state index contributed by atoms with van der Waals surface area (Å²) in [6.07, 6.45) is 1.67. The summed E-state index contributed by atoms with van der Waals surface area (Å²) >= 11 is 5.76. The SMILES string of the molecule is Cn1cc(COC(=O)c2ccc(Cl)c(N)c2)nn1. The van der Waals surface area contributed by atoms with Gasteiger partial charge in [-0.2, -0.15) is 0 Å². The average molecular weight is 267 g/mol. The molecule has 0 spiro atoms. The summed E-state index contributed by atoms with van der Waals surface area (Å²) in [5, 5.41) is 7.94. The summed E-state index contributed by atoms with van der Waals surface area (Å²) in [6.45, 7) is 0.0647. The van der Waals surface area contributed by atoms with Gasteiger partial charge in [-0.3, -0.25) is 4.68 Å². The molecule has 0 saturated heterocycles. The number of esters is 1. The molecule has 94 valence electrons. The van der Waals surface area contributed by atoms with Crippen molar-refractivity contribution >= 4 is 23.3 Å². The molecule has 0 saturated carbocycles. The molecule has 6 nitrogen and oxygen atoms in total. The number of halogens is 1. The topological polar surface area (TPSA) is 83.0 Å². The van der Waals surface area contributed by atoms with E-state index < -0.39 is 5.97 Å². The number of hydrogen-bond acceptors (Lipinski definition) is 5. The van der Waals surface area contributed by atoms with Crippen molar-refractivity contribution in [2.24, 2.45) is 7.05 Å². The van der Waals surface area contributed by atoms with Gasteiger partial charge in [-0.25, -0.2) is 4.79 Å². The number of aromatic nitrogens is 3. The molecule has 0 fully saturated rings. The Morgan fingerprint density at radius 3 is 2.94 bits per heavy atom. The number of nitrogen functional groups attached to an aromatic ring is 1. The molecule has 0 radical (unpaired) electrons. The lowest BCUT2D eigenvalue weighted by atomic mass is 10.2. The molecule has 0 bridgehead atoms. The van der Waals surface area contributed by atoms with Crippen molar-refractivity contribution in [2.75, 3.05) is 5.73 Å². The van der Waals surface area contributed by atoms with Crippen LogP contribution in [0.4, 0.5) is 5.69 Å². The number of carbonyl (C=O) groups excluding carboxylic acids is 1. The molecule has 0 amide bonds. The van der Waals surface area contributed by atoms with Crippen LogP contribution >= 0.6 is 11.6 Å². The predicted octanol–water partition coefficient (Wildman–Crippen LogP) is 1.41. The molecule has 0 aliphatic heterocycles. The minimum atomic E-state index is -0.482. The Kier molecular flexibility index (Phi) is 3.47. The second-order valence-electron chi connectivity index (χ2n) is 3.70. The van der Waals surface area contributed by atoms with Crippen molar-refractivity contribution in [1.82, 2.24) is 15.0 Å². The fourth-order valence-electron chi connectivity index (χ4n) is 1.35. The molecule has 0 unspecified atom stereocenters. The molecule has 7 heteroatoms. The van der Waals surface area contributed by atoms with E-state index in [0.29, 0.717) is 22.0 Å². The number of rotatable bonds is 3. The fourth-order valence-corrected chi connectivity index (χ4v) is 1.47. The molecular formula is C11H11ClN4O2. The molecular weight excluding hydrogens is 256 g/mol. The first-order valence-corrected chi connectivity index (χ1v) is 5.51. The van der Waals surface area contributed by atoms with Gasteiger partial charge in [0.25, 0.3) is 0 Å². The lowest BCUT2D eigenvalue weighted by molar-refractivity contribution is 0.0467. The van der Waals surface area contributed by atoms with E-state index >= 15 is 0 Å². The van der Waals surface area contributed by atoms with Gasteiger partial charge in [-0.15, -0.1) is 5.10 Å². The zero-order chi connectivity index (χ0) is 13.1. The molecule has 0 aliphatic carbocycles. The predicted molar refractivity (Wildman–Crippen MR) is 66.0 cm³/mol. The highest BCUT2D eigenvalue weighted by molar-refractivity contribution is 6.33. The van der Waals surface area contributed by atoms with E-state index in [9.17, 15) is 4.79 Å². The maximum atomic E-state index is 11.7. The Bertz CT molecular complexity index is 582. The summed E-state index contributed by atoms with van der Waals surface area (Å²) < 4.78 is 6.60. The van der Waals surface area contributed by atoms with Crippen LogP contribution < -0.4 is 5.73 Å². The van der Waals surface area contributed by atoms with Gasteiger partial charge < -0.3 is 10.5 Å². The van der Waals surface area contributed by atoms with E-state index in [4.69, 9.17) is 22.1 Å².